The molecule has 1 aromatic carbocycles. The van der Waals surface area contributed by atoms with Gasteiger partial charge in [0, 0.05) is 46.6 Å². The third-order valence-corrected chi connectivity index (χ3v) is 12.4. The number of hydrogen-bond donors (Lipinski definition) is 2. The van der Waals surface area contributed by atoms with Crippen molar-refractivity contribution in [3.8, 4) is 5.75 Å². The number of nitrogens with zero attached hydrogens (tertiary/aromatic N) is 2. The lowest BCUT2D eigenvalue weighted by atomic mass is 9.83. The van der Waals surface area contributed by atoms with Crippen molar-refractivity contribution in [2.24, 2.45) is 5.92 Å². The van der Waals surface area contributed by atoms with Crippen molar-refractivity contribution in [3.63, 3.8) is 0 Å². The van der Waals surface area contributed by atoms with Crippen molar-refractivity contribution in [2.45, 2.75) is 140 Å². The highest BCUT2D eigenvalue weighted by atomic mass is 35.5. The molecule has 2 fully saturated rings. The number of anilines is 1. The number of allylic oxidation sites excluding steroid dienone is 3. The van der Waals surface area contributed by atoms with Gasteiger partial charge in [0.05, 0.1) is 25.3 Å². The number of carbonyl (C=O) groups is 4. The van der Waals surface area contributed by atoms with Crippen LogP contribution in [0.4, 0.5) is 10.5 Å². The Bertz CT molecular complexity index is 1660. The highest BCUT2D eigenvalue weighted by molar-refractivity contribution is 8.00. The molecular weight excluding hydrogens is 762 g/mol. The molecule has 314 valence electrons. The summed E-state index contributed by atoms with van der Waals surface area (Å²) in [5, 5.41) is 15.2. The van der Waals surface area contributed by atoms with Crippen molar-refractivity contribution in [1.29, 1.82) is 0 Å². The molecule has 4 rings (SSSR count). The van der Waals surface area contributed by atoms with Crippen molar-refractivity contribution in [2.75, 3.05) is 33.2 Å². The summed E-state index contributed by atoms with van der Waals surface area (Å²) in [4.78, 5) is 56.9. The predicted molar refractivity (Wildman–Crippen MR) is 219 cm³/mol. The Morgan fingerprint density at radius 1 is 1.23 bits per heavy atom. The largest absolute Gasteiger partial charge is 0.495 e. The number of methoxy groups -OCH3 is 2. The summed E-state index contributed by atoms with van der Waals surface area (Å²) in [5.74, 6) is -1.47. The summed E-state index contributed by atoms with van der Waals surface area (Å²) in [6.45, 7) is 13.4. The van der Waals surface area contributed by atoms with Crippen LogP contribution in [0, 0.1) is 5.92 Å². The Balaban J connectivity index is 0.00000428. The van der Waals surface area contributed by atoms with Crippen LogP contribution >= 0.6 is 23.4 Å². The highest BCUT2D eigenvalue weighted by Gasteiger charge is 2.64. The molecule has 15 heteroatoms. The Labute approximate surface area is 343 Å². The molecule has 1 unspecified atom stereocenters. The van der Waals surface area contributed by atoms with Gasteiger partial charge in [-0.15, -0.1) is 0 Å². The quantitative estimate of drug-likeness (QED) is 0.197. The normalized spacial score (nSPS) is 30.8. The van der Waals surface area contributed by atoms with E-state index in [1.165, 1.54) is 31.4 Å². The number of carbonyl (C=O) groups excluding carboxylic acids is 4. The van der Waals surface area contributed by atoms with Crippen LogP contribution in [-0.2, 0) is 39.8 Å². The molecule has 0 aliphatic carbocycles. The maximum absolute atomic E-state index is 14.2. The molecule has 56 heavy (non-hydrogen) atoms. The minimum absolute atomic E-state index is 0.0458. The number of nitrogens with one attached hydrogen (secondary N) is 1. The fourth-order valence-corrected chi connectivity index (χ4v) is 8.75. The van der Waals surface area contributed by atoms with Crippen LogP contribution in [0.25, 0.3) is 0 Å². The second-order valence-corrected chi connectivity index (χ2v) is 17.8. The Kier molecular flexibility index (Phi) is 15.8. The van der Waals surface area contributed by atoms with Gasteiger partial charge < -0.3 is 38.6 Å². The second-order valence-electron chi connectivity index (χ2n) is 15.4. The zero-order chi connectivity index (χ0) is 43.0. The summed E-state index contributed by atoms with van der Waals surface area (Å²) < 4.78 is 35.1. The molecule has 3 aliphatic rings. The number of rotatable bonds is 10. The molecule has 9 atom stereocenters. The average molecular weight is 825 g/mol. The first kappa shape index (κ1) is 45.4. The molecule has 3 aliphatic heterocycles. The third kappa shape index (κ3) is 11.0. The molecule has 3 amide bonds. The molecule has 0 radical (unpaired) electrons. The fourth-order valence-electron chi connectivity index (χ4n) is 7.25. The lowest BCUT2D eigenvalue weighted by Gasteiger charge is -2.42. The zero-order valence-corrected chi connectivity index (χ0v) is 36.4. The Morgan fingerprint density at radius 2 is 1.91 bits per heavy atom. The summed E-state index contributed by atoms with van der Waals surface area (Å²) in [5.41, 5.74) is -0.889. The monoisotopic (exact) mass is 824 g/mol. The van der Waals surface area contributed by atoms with Gasteiger partial charge in [-0.2, -0.15) is 11.8 Å². The minimum Gasteiger partial charge on any atom is -0.495 e. The van der Waals surface area contributed by atoms with Gasteiger partial charge in [0.1, 0.15) is 40.7 Å². The number of alkyl carbamates (subject to hydrolysis) is 1. The van der Waals surface area contributed by atoms with E-state index >= 15 is 0 Å². The second kappa shape index (κ2) is 19.4. The fraction of sp³-hybridized carbons (Fsp3) is 0.659. The zero-order valence-electron chi connectivity index (χ0n) is 35.8. The number of benzene rings is 1. The van der Waals surface area contributed by atoms with E-state index in [0.717, 1.165) is 11.1 Å². The standard InChI is InChI=1S/C40H58ClN3O10S.CH4/c1-22(2)55-24(4)15-16-33(45)43(8)26(6)37(47)53-32-20-34(46)44(9)28-18-27(19-29(50-10)35(28)41)17-23(3)13-12-14-31(51-11)40(49)21-30(52-38(48)42-40)25(5)36-39(32,7)54-36;/h12-14,18-19,22,24-26,30-32,36,49H,15-17,20-21H2,1-11H3,(H,42,48);1H4/b14-12+,23-13+;/t24?,25-,26+,30+,31-,32+,36+,39+,40+;/m1./s1/i;1D. The van der Waals surface area contributed by atoms with Crippen LogP contribution in [0.2, 0.25) is 5.02 Å². The van der Waals surface area contributed by atoms with Crippen LogP contribution in [-0.4, -0.2) is 114 Å². The van der Waals surface area contributed by atoms with Gasteiger partial charge in [-0.1, -0.05) is 70.5 Å². The highest BCUT2D eigenvalue weighted by Crippen LogP contribution is 2.49. The number of likely N-dealkylation sites (N-methyl/N-ethyl adjacent to an activating group) is 1. The van der Waals surface area contributed by atoms with E-state index in [4.69, 9.17) is 36.7 Å². The summed E-state index contributed by atoms with van der Waals surface area (Å²) in [6, 6.07) is 2.64. The SMILES string of the molecule is COc1cc2cc(c1Cl)N(C)C(=O)C[C@H](OC(=O)[C@H](C)N(C)C(=O)CCC(C)SC(C)C)[C@]1(C)O[C@H]1[C@H](C)[C@@H]1C[C@@](O)(NC(=O)O1)[C@H](OC)/C=C/C=C(\C)C2.[2H]C. The van der Waals surface area contributed by atoms with Crippen molar-refractivity contribution < 1.29 is 49.3 Å². The van der Waals surface area contributed by atoms with Gasteiger partial charge in [-0.25, -0.2) is 9.59 Å². The molecule has 2 N–H and O–H groups in total. The van der Waals surface area contributed by atoms with E-state index in [9.17, 15) is 24.3 Å². The molecule has 0 saturated carbocycles. The van der Waals surface area contributed by atoms with E-state index in [-0.39, 0.29) is 35.4 Å². The molecule has 13 nitrogen and oxygen atoms in total. The van der Waals surface area contributed by atoms with Gasteiger partial charge in [0.25, 0.3) is 0 Å². The molecule has 0 aromatic heterocycles. The van der Waals surface area contributed by atoms with Crippen LogP contribution in [0.5, 0.6) is 5.75 Å². The first-order valence-electron chi connectivity index (χ1n) is 19.7. The topological polar surface area (TPSA) is 156 Å². The summed E-state index contributed by atoms with van der Waals surface area (Å²) in [7, 11) is 7.33. The lowest BCUT2D eigenvalue weighted by molar-refractivity contribution is -0.162. The number of ether oxygens (including phenoxy) is 5. The summed E-state index contributed by atoms with van der Waals surface area (Å²) in [6.07, 6.45) is 1.92. The number of amides is 3. The number of epoxide rings is 1. The van der Waals surface area contributed by atoms with E-state index < -0.39 is 65.7 Å². The van der Waals surface area contributed by atoms with Gasteiger partial charge in [0.2, 0.25) is 11.8 Å². The average Bonchev–Trinajstić information content (AvgIpc) is 3.86. The molecule has 1 aromatic rings. The number of thioether (sulfide) groups is 1. The van der Waals surface area contributed by atoms with Crippen molar-refractivity contribution in [3.05, 3.63) is 46.5 Å². The van der Waals surface area contributed by atoms with Crippen LogP contribution in [0.15, 0.2) is 35.9 Å². The van der Waals surface area contributed by atoms with E-state index in [1.54, 1.807) is 64.0 Å². The van der Waals surface area contributed by atoms with Gasteiger partial charge >= 0.3 is 12.1 Å². The first-order valence-corrected chi connectivity index (χ1v) is 20.1. The molecule has 2 saturated heterocycles. The molecule has 0 spiro atoms. The van der Waals surface area contributed by atoms with E-state index in [0.29, 0.717) is 29.5 Å². The van der Waals surface area contributed by atoms with E-state index in [1.807, 2.05) is 19.9 Å². The van der Waals surface area contributed by atoms with E-state index in [2.05, 4.69) is 26.1 Å². The molecular formula is C41H62ClN3O10S. The number of fused-ring (bicyclic) bond motifs is 5. The summed E-state index contributed by atoms with van der Waals surface area (Å²) >= 11 is 8.57. The van der Waals surface area contributed by atoms with Crippen LogP contribution < -0.4 is 15.0 Å². The van der Waals surface area contributed by atoms with Crippen molar-refractivity contribution >= 4 is 52.9 Å². The van der Waals surface area contributed by atoms with Gasteiger partial charge in [-0.3, -0.25) is 14.9 Å². The maximum atomic E-state index is 14.2. The Morgan fingerprint density at radius 3 is 2.54 bits per heavy atom. The molecule has 3 heterocycles. The maximum Gasteiger partial charge on any atom is 0.409 e. The van der Waals surface area contributed by atoms with Crippen LogP contribution in [0.3, 0.4) is 0 Å². The predicted octanol–water partition coefficient (Wildman–Crippen LogP) is 6.46. The Hall–Kier alpha value is -3.30. The number of esters is 1. The van der Waals surface area contributed by atoms with Gasteiger partial charge in [0.15, 0.2) is 5.72 Å². The lowest BCUT2D eigenvalue weighted by Crippen LogP contribution is -2.63. The number of halogens is 1. The molecule has 4 bridgehead atoms. The number of hydrogen-bond acceptors (Lipinski definition) is 11. The first-order chi connectivity index (χ1) is 26.7. The van der Waals surface area contributed by atoms with Crippen molar-refractivity contribution in [1.82, 2.24) is 10.2 Å². The van der Waals surface area contributed by atoms with Crippen LogP contribution in [0.1, 0.15) is 88.5 Å². The number of aliphatic hydroxyl groups is 1. The minimum atomic E-state index is -1.82. The third-order valence-electron chi connectivity index (χ3n) is 10.8. The smallest absolute Gasteiger partial charge is 0.409 e. The van der Waals surface area contributed by atoms with Gasteiger partial charge in [-0.05, 0) is 56.6 Å².